The predicted molar refractivity (Wildman–Crippen MR) is 86.8 cm³/mol. The molecule has 1 aromatic heterocycles. The third-order valence-electron chi connectivity index (χ3n) is 3.09. The lowest BCUT2D eigenvalue weighted by Gasteiger charge is -2.03. The molecule has 0 aliphatic rings. The van der Waals surface area contributed by atoms with Crippen molar-refractivity contribution < 1.29 is 0 Å². The average molecular weight is 259 g/mol. The summed E-state index contributed by atoms with van der Waals surface area (Å²) in [4.78, 5) is 12.9. The highest BCUT2D eigenvalue weighted by Crippen LogP contribution is 2.26. The molecule has 0 atom stereocenters. The van der Waals surface area contributed by atoms with Crippen molar-refractivity contribution in [3.63, 3.8) is 0 Å². The standard InChI is InChI=1S/C17H13N3/c1-3-8-19-15-7-5-13-9-12-4-6-14(18-2)10-16(12)20-17(13)11-15/h3-11H,1-2H2. The van der Waals surface area contributed by atoms with Crippen LogP contribution in [0.3, 0.4) is 0 Å². The van der Waals surface area contributed by atoms with E-state index >= 15 is 0 Å². The maximum atomic E-state index is 4.67. The Balaban J connectivity index is 2.22. The number of rotatable bonds is 3. The molecule has 0 bridgehead atoms. The minimum absolute atomic E-state index is 0.824. The van der Waals surface area contributed by atoms with E-state index in [-0.39, 0.29) is 0 Å². The molecule has 3 nitrogen and oxygen atoms in total. The first-order valence-corrected chi connectivity index (χ1v) is 6.26. The van der Waals surface area contributed by atoms with Crippen LogP contribution in [0.4, 0.5) is 11.4 Å². The molecule has 0 unspecified atom stereocenters. The molecule has 0 saturated carbocycles. The first-order chi connectivity index (χ1) is 9.80. The van der Waals surface area contributed by atoms with Crippen LogP contribution in [-0.4, -0.2) is 17.9 Å². The van der Waals surface area contributed by atoms with Gasteiger partial charge in [-0.05, 0) is 37.0 Å². The summed E-state index contributed by atoms with van der Waals surface area (Å²) in [7, 11) is 0. The lowest BCUT2D eigenvalue weighted by Crippen LogP contribution is -1.82. The molecule has 0 N–H and O–H groups in total. The quantitative estimate of drug-likeness (QED) is 0.500. The number of allylic oxidation sites excluding steroid dienone is 1. The molecule has 0 amide bonds. The minimum atomic E-state index is 0.824. The second-order valence-electron chi connectivity index (χ2n) is 4.41. The Labute approximate surface area is 117 Å². The van der Waals surface area contributed by atoms with E-state index in [0.717, 1.165) is 33.2 Å². The van der Waals surface area contributed by atoms with Crippen LogP contribution in [0.2, 0.25) is 0 Å². The van der Waals surface area contributed by atoms with Crippen molar-refractivity contribution in [1.82, 2.24) is 4.98 Å². The largest absolute Gasteiger partial charge is 0.265 e. The van der Waals surface area contributed by atoms with Gasteiger partial charge in [-0.3, -0.25) is 9.98 Å². The fraction of sp³-hybridized carbons (Fsp3) is 0. The molecule has 0 aliphatic heterocycles. The Morgan fingerprint density at radius 2 is 1.55 bits per heavy atom. The smallest absolute Gasteiger partial charge is 0.0731 e. The normalized spacial score (nSPS) is 11.2. The van der Waals surface area contributed by atoms with Gasteiger partial charge >= 0.3 is 0 Å². The lowest BCUT2D eigenvalue weighted by molar-refractivity contribution is 1.46. The Bertz CT molecular complexity index is 847. The molecular weight excluding hydrogens is 246 g/mol. The first-order valence-electron chi connectivity index (χ1n) is 6.26. The Hall–Kier alpha value is -2.81. The van der Waals surface area contributed by atoms with E-state index in [9.17, 15) is 0 Å². The van der Waals surface area contributed by atoms with Gasteiger partial charge < -0.3 is 0 Å². The number of hydrogen-bond acceptors (Lipinski definition) is 3. The number of pyridine rings is 1. The van der Waals surface area contributed by atoms with Gasteiger partial charge in [-0.25, -0.2) is 4.98 Å². The highest BCUT2D eigenvalue weighted by atomic mass is 14.7. The van der Waals surface area contributed by atoms with Crippen molar-refractivity contribution in [1.29, 1.82) is 0 Å². The molecule has 0 radical (unpaired) electrons. The van der Waals surface area contributed by atoms with Gasteiger partial charge in [-0.1, -0.05) is 24.8 Å². The van der Waals surface area contributed by atoms with Crippen LogP contribution >= 0.6 is 0 Å². The van der Waals surface area contributed by atoms with Crippen LogP contribution in [0.25, 0.3) is 21.8 Å². The van der Waals surface area contributed by atoms with Gasteiger partial charge in [0.2, 0.25) is 0 Å². The van der Waals surface area contributed by atoms with E-state index in [2.05, 4.69) is 34.3 Å². The number of aliphatic imine (C=N–C) groups is 2. The van der Waals surface area contributed by atoms with Crippen molar-refractivity contribution in [3.05, 3.63) is 55.1 Å². The van der Waals surface area contributed by atoms with Crippen molar-refractivity contribution in [2.24, 2.45) is 9.98 Å². The highest BCUT2D eigenvalue weighted by Gasteiger charge is 2.01. The van der Waals surface area contributed by atoms with Crippen LogP contribution in [0.15, 0.2) is 65.1 Å². The van der Waals surface area contributed by atoms with Crippen LogP contribution in [0, 0.1) is 0 Å². The molecule has 3 heteroatoms. The number of nitrogens with zero attached hydrogens (tertiary/aromatic N) is 3. The van der Waals surface area contributed by atoms with E-state index in [4.69, 9.17) is 0 Å². The number of aromatic nitrogens is 1. The molecular formula is C17H13N3. The molecule has 0 fully saturated rings. The molecule has 0 saturated heterocycles. The lowest BCUT2D eigenvalue weighted by atomic mass is 10.1. The second-order valence-corrected chi connectivity index (χ2v) is 4.41. The SMILES string of the molecule is C=CC=Nc1ccc2cc3ccc(N=C)cc3nc2c1. The van der Waals surface area contributed by atoms with Crippen molar-refractivity contribution in [3.8, 4) is 0 Å². The highest BCUT2D eigenvalue weighted by molar-refractivity contribution is 5.95. The summed E-state index contributed by atoms with van der Waals surface area (Å²) in [5, 5.41) is 2.18. The zero-order valence-corrected chi connectivity index (χ0v) is 11.0. The van der Waals surface area contributed by atoms with Gasteiger partial charge in [0.1, 0.15) is 0 Å². The van der Waals surface area contributed by atoms with Crippen molar-refractivity contribution in [2.45, 2.75) is 0 Å². The molecule has 96 valence electrons. The Morgan fingerprint density at radius 3 is 2.20 bits per heavy atom. The van der Waals surface area contributed by atoms with Crippen molar-refractivity contribution in [2.75, 3.05) is 0 Å². The number of hydrogen-bond donors (Lipinski definition) is 0. The zero-order valence-electron chi connectivity index (χ0n) is 11.0. The average Bonchev–Trinajstić information content (AvgIpc) is 2.50. The van der Waals surface area contributed by atoms with E-state index in [1.54, 1.807) is 12.3 Å². The van der Waals surface area contributed by atoms with E-state index in [1.807, 2.05) is 36.4 Å². The summed E-state index contributed by atoms with van der Waals surface area (Å²) in [6, 6.07) is 13.9. The van der Waals surface area contributed by atoms with Crippen molar-refractivity contribution >= 4 is 46.1 Å². The van der Waals surface area contributed by atoms with Crippen LogP contribution < -0.4 is 0 Å². The second kappa shape index (κ2) is 5.05. The summed E-state index contributed by atoms with van der Waals surface area (Å²) in [6.07, 6.45) is 3.32. The maximum absolute atomic E-state index is 4.67. The monoisotopic (exact) mass is 259 g/mol. The molecule has 3 rings (SSSR count). The number of fused-ring (bicyclic) bond motifs is 2. The van der Waals surface area contributed by atoms with Gasteiger partial charge in [0.15, 0.2) is 0 Å². The zero-order chi connectivity index (χ0) is 13.9. The van der Waals surface area contributed by atoms with Gasteiger partial charge in [-0.15, -0.1) is 0 Å². The van der Waals surface area contributed by atoms with Gasteiger partial charge in [-0.2, -0.15) is 0 Å². The minimum Gasteiger partial charge on any atom is -0.265 e. The molecule has 2 aromatic carbocycles. The summed E-state index contributed by atoms with van der Waals surface area (Å²) < 4.78 is 0. The number of benzene rings is 2. The third-order valence-corrected chi connectivity index (χ3v) is 3.09. The van der Waals surface area contributed by atoms with E-state index < -0.39 is 0 Å². The van der Waals surface area contributed by atoms with E-state index in [1.165, 1.54) is 0 Å². The molecule has 0 spiro atoms. The Kier molecular flexibility index (Phi) is 3.09. The maximum Gasteiger partial charge on any atom is 0.0731 e. The fourth-order valence-corrected chi connectivity index (χ4v) is 2.12. The van der Waals surface area contributed by atoms with Gasteiger partial charge in [0.25, 0.3) is 0 Å². The summed E-state index contributed by atoms with van der Waals surface area (Å²) >= 11 is 0. The molecule has 1 heterocycles. The Morgan fingerprint density at radius 1 is 0.900 bits per heavy atom. The van der Waals surface area contributed by atoms with Crippen LogP contribution in [-0.2, 0) is 0 Å². The third kappa shape index (κ3) is 2.21. The molecule has 3 aromatic rings. The fourth-order valence-electron chi connectivity index (χ4n) is 2.12. The summed E-state index contributed by atoms with van der Waals surface area (Å²) in [5.41, 5.74) is 3.51. The predicted octanol–water partition coefficient (Wildman–Crippen LogP) is 4.61. The summed E-state index contributed by atoms with van der Waals surface area (Å²) in [5.74, 6) is 0. The van der Waals surface area contributed by atoms with Gasteiger partial charge in [0, 0.05) is 17.0 Å². The van der Waals surface area contributed by atoms with E-state index in [0.29, 0.717) is 0 Å². The van der Waals surface area contributed by atoms with Crippen LogP contribution in [0.5, 0.6) is 0 Å². The molecule has 0 aliphatic carbocycles. The first kappa shape index (κ1) is 12.2. The topological polar surface area (TPSA) is 37.6 Å². The molecule has 20 heavy (non-hydrogen) atoms. The summed E-state index contributed by atoms with van der Waals surface area (Å²) in [6.45, 7) is 7.16. The van der Waals surface area contributed by atoms with Gasteiger partial charge in [0.05, 0.1) is 22.4 Å². The van der Waals surface area contributed by atoms with Crippen LogP contribution in [0.1, 0.15) is 0 Å².